The van der Waals surface area contributed by atoms with Crippen molar-refractivity contribution in [2.45, 2.75) is 57.2 Å². The van der Waals surface area contributed by atoms with Gasteiger partial charge in [0.05, 0.1) is 0 Å². The fraction of sp³-hybridized carbons (Fsp3) is 0.917. The summed E-state index contributed by atoms with van der Waals surface area (Å²) in [6.07, 6.45) is 5.38. The van der Waals surface area contributed by atoms with Gasteiger partial charge in [0.25, 0.3) is 0 Å². The second kappa shape index (κ2) is 5.15. The molecule has 0 radical (unpaired) electrons. The normalized spacial score (nSPS) is 30.8. The molecule has 1 aliphatic carbocycles. The number of hydrogen-bond donors (Lipinski definition) is 2. The largest absolute Gasteiger partial charge is 0.370 e. The lowest BCUT2D eigenvalue weighted by Gasteiger charge is -2.19. The molecule has 0 aromatic heterocycles. The van der Waals surface area contributed by atoms with E-state index in [0.717, 1.165) is 25.0 Å². The Kier molecular flexibility index (Phi) is 3.82. The number of hydrogen-bond acceptors (Lipinski definition) is 3. The van der Waals surface area contributed by atoms with Crippen LogP contribution in [0.1, 0.15) is 39.0 Å². The lowest BCUT2D eigenvalue weighted by molar-refractivity contribution is -0.118. The van der Waals surface area contributed by atoms with Crippen molar-refractivity contribution in [3.8, 4) is 0 Å². The molecule has 3 N–H and O–H groups in total. The summed E-state index contributed by atoms with van der Waals surface area (Å²) in [6, 6.07) is 2.21. The number of nitrogens with one attached hydrogen (secondary N) is 1. The van der Waals surface area contributed by atoms with Gasteiger partial charge in [0.1, 0.15) is 0 Å². The molecule has 1 saturated heterocycles. The molecule has 2 atom stereocenters. The van der Waals surface area contributed by atoms with Crippen LogP contribution in [0.25, 0.3) is 0 Å². The van der Waals surface area contributed by atoms with E-state index in [2.05, 4.69) is 17.1 Å². The van der Waals surface area contributed by atoms with Gasteiger partial charge in [-0.1, -0.05) is 0 Å². The van der Waals surface area contributed by atoms with E-state index in [9.17, 15) is 4.79 Å². The van der Waals surface area contributed by atoms with E-state index in [4.69, 9.17) is 5.73 Å². The molecular formula is C12H23N3O. The van der Waals surface area contributed by atoms with Gasteiger partial charge in [0.15, 0.2) is 0 Å². The Balaban J connectivity index is 1.62. The molecule has 1 aliphatic heterocycles. The Morgan fingerprint density at radius 3 is 2.88 bits per heavy atom. The standard InChI is InChI=1S/C12H23N3O/c1-9-7-10(8-15(9)11-4-5-11)14-6-2-3-12(13)16/h9-11,14H,2-8H2,1H3,(H2,13,16). The molecule has 92 valence electrons. The van der Waals surface area contributed by atoms with Crippen LogP contribution in [0.2, 0.25) is 0 Å². The van der Waals surface area contributed by atoms with Gasteiger partial charge in [-0.05, 0) is 39.2 Å². The fourth-order valence-electron chi connectivity index (χ4n) is 2.69. The van der Waals surface area contributed by atoms with E-state index in [1.165, 1.54) is 25.8 Å². The average Bonchev–Trinajstić information content (AvgIpc) is 2.98. The Bertz CT molecular complexity index is 253. The van der Waals surface area contributed by atoms with Crippen molar-refractivity contribution in [2.75, 3.05) is 13.1 Å². The summed E-state index contributed by atoms with van der Waals surface area (Å²) in [4.78, 5) is 13.2. The molecule has 16 heavy (non-hydrogen) atoms. The second-order valence-corrected chi connectivity index (χ2v) is 5.23. The predicted molar refractivity (Wildman–Crippen MR) is 64.0 cm³/mol. The van der Waals surface area contributed by atoms with Crippen LogP contribution in [0.15, 0.2) is 0 Å². The van der Waals surface area contributed by atoms with Crippen LogP contribution in [-0.2, 0) is 4.79 Å². The zero-order valence-electron chi connectivity index (χ0n) is 10.1. The number of rotatable bonds is 6. The van der Waals surface area contributed by atoms with Crippen molar-refractivity contribution in [1.29, 1.82) is 0 Å². The van der Waals surface area contributed by atoms with E-state index in [0.29, 0.717) is 12.5 Å². The van der Waals surface area contributed by atoms with Crippen LogP contribution in [0.3, 0.4) is 0 Å². The molecule has 1 amide bonds. The number of primary amides is 1. The molecular weight excluding hydrogens is 202 g/mol. The van der Waals surface area contributed by atoms with Crippen molar-refractivity contribution in [2.24, 2.45) is 5.73 Å². The van der Waals surface area contributed by atoms with Crippen LogP contribution in [0.5, 0.6) is 0 Å². The molecule has 2 unspecified atom stereocenters. The Morgan fingerprint density at radius 2 is 2.25 bits per heavy atom. The SMILES string of the molecule is CC1CC(NCCCC(N)=O)CN1C1CC1. The number of carbonyl (C=O) groups excluding carboxylic acids is 1. The highest BCUT2D eigenvalue weighted by molar-refractivity contribution is 5.73. The molecule has 2 rings (SSSR count). The molecule has 0 aromatic rings. The summed E-state index contributed by atoms with van der Waals surface area (Å²) >= 11 is 0. The lowest BCUT2D eigenvalue weighted by atomic mass is 10.2. The summed E-state index contributed by atoms with van der Waals surface area (Å²) in [7, 11) is 0. The maximum absolute atomic E-state index is 10.6. The average molecular weight is 225 g/mol. The van der Waals surface area contributed by atoms with Crippen molar-refractivity contribution >= 4 is 5.91 Å². The van der Waals surface area contributed by atoms with Gasteiger partial charge in [0.2, 0.25) is 5.91 Å². The van der Waals surface area contributed by atoms with Crippen LogP contribution < -0.4 is 11.1 Å². The van der Waals surface area contributed by atoms with E-state index in [1.54, 1.807) is 0 Å². The van der Waals surface area contributed by atoms with Gasteiger partial charge in [-0.25, -0.2) is 0 Å². The van der Waals surface area contributed by atoms with Crippen LogP contribution in [0.4, 0.5) is 0 Å². The van der Waals surface area contributed by atoms with Gasteiger partial charge in [-0.15, -0.1) is 0 Å². The molecule has 0 bridgehead atoms. The lowest BCUT2D eigenvalue weighted by Crippen LogP contribution is -2.34. The first-order valence-corrected chi connectivity index (χ1v) is 6.44. The number of carbonyl (C=O) groups is 1. The monoisotopic (exact) mass is 225 g/mol. The molecule has 1 saturated carbocycles. The van der Waals surface area contributed by atoms with Crippen molar-refractivity contribution in [3.05, 3.63) is 0 Å². The van der Waals surface area contributed by atoms with Crippen molar-refractivity contribution in [3.63, 3.8) is 0 Å². The summed E-state index contributed by atoms with van der Waals surface area (Å²) in [5.74, 6) is -0.193. The zero-order valence-corrected chi connectivity index (χ0v) is 10.1. The van der Waals surface area contributed by atoms with E-state index >= 15 is 0 Å². The summed E-state index contributed by atoms with van der Waals surface area (Å²) in [6.45, 7) is 4.42. The topological polar surface area (TPSA) is 58.4 Å². The molecule has 2 fully saturated rings. The molecule has 4 nitrogen and oxygen atoms in total. The summed E-state index contributed by atoms with van der Waals surface area (Å²) in [5.41, 5.74) is 5.10. The highest BCUT2D eigenvalue weighted by Crippen LogP contribution is 2.33. The molecule has 4 heteroatoms. The maximum Gasteiger partial charge on any atom is 0.217 e. The first kappa shape index (κ1) is 11.9. The minimum atomic E-state index is -0.193. The minimum Gasteiger partial charge on any atom is -0.370 e. The van der Waals surface area contributed by atoms with E-state index in [-0.39, 0.29) is 5.91 Å². The first-order valence-electron chi connectivity index (χ1n) is 6.44. The third-order valence-electron chi connectivity index (χ3n) is 3.67. The quantitative estimate of drug-likeness (QED) is 0.646. The van der Waals surface area contributed by atoms with Crippen molar-refractivity contribution in [1.82, 2.24) is 10.2 Å². The highest BCUT2D eigenvalue weighted by atomic mass is 16.1. The van der Waals surface area contributed by atoms with Crippen LogP contribution in [-0.4, -0.2) is 42.0 Å². The number of nitrogens with two attached hydrogens (primary N) is 1. The summed E-state index contributed by atoms with van der Waals surface area (Å²) in [5, 5.41) is 3.53. The third-order valence-corrected chi connectivity index (χ3v) is 3.67. The Morgan fingerprint density at radius 1 is 1.50 bits per heavy atom. The molecule has 0 aromatic carbocycles. The maximum atomic E-state index is 10.6. The minimum absolute atomic E-state index is 0.193. The van der Waals surface area contributed by atoms with E-state index < -0.39 is 0 Å². The van der Waals surface area contributed by atoms with Crippen LogP contribution >= 0.6 is 0 Å². The Hall–Kier alpha value is -0.610. The molecule has 2 aliphatic rings. The summed E-state index contributed by atoms with van der Waals surface area (Å²) < 4.78 is 0. The van der Waals surface area contributed by atoms with E-state index in [1.807, 2.05) is 0 Å². The third kappa shape index (κ3) is 3.19. The van der Waals surface area contributed by atoms with Crippen molar-refractivity contribution < 1.29 is 4.79 Å². The smallest absolute Gasteiger partial charge is 0.217 e. The molecule has 0 spiro atoms. The fourth-order valence-corrected chi connectivity index (χ4v) is 2.69. The van der Waals surface area contributed by atoms with Gasteiger partial charge < -0.3 is 11.1 Å². The number of amides is 1. The first-order chi connectivity index (χ1) is 7.66. The van der Waals surface area contributed by atoms with Gasteiger partial charge in [0, 0.05) is 31.1 Å². The van der Waals surface area contributed by atoms with Crippen LogP contribution in [0, 0.1) is 0 Å². The predicted octanol–water partition coefficient (Wildman–Crippen LogP) is 0.467. The van der Waals surface area contributed by atoms with Gasteiger partial charge >= 0.3 is 0 Å². The van der Waals surface area contributed by atoms with Gasteiger partial charge in [-0.3, -0.25) is 9.69 Å². The highest BCUT2D eigenvalue weighted by Gasteiger charge is 2.38. The Labute approximate surface area is 97.6 Å². The van der Waals surface area contributed by atoms with Gasteiger partial charge in [-0.2, -0.15) is 0 Å². The second-order valence-electron chi connectivity index (χ2n) is 5.23. The molecule has 1 heterocycles. The number of likely N-dealkylation sites (tertiary alicyclic amines) is 1. The number of nitrogens with zero attached hydrogens (tertiary/aromatic N) is 1. The zero-order chi connectivity index (χ0) is 11.5.